The zero-order valence-corrected chi connectivity index (χ0v) is 11.5. The number of aromatic nitrogens is 2. The van der Waals surface area contributed by atoms with Crippen molar-refractivity contribution in [3.05, 3.63) is 34.2 Å². The third kappa shape index (κ3) is 2.19. The van der Waals surface area contributed by atoms with Crippen molar-refractivity contribution >= 4 is 11.0 Å². The Labute approximate surface area is 112 Å². The molecule has 0 saturated carbocycles. The molecular formula is C14H20N4O. The molecule has 0 amide bonds. The average Bonchev–Trinajstić information content (AvgIpc) is 2.65. The van der Waals surface area contributed by atoms with Gasteiger partial charge in [-0.15, -0.1) is 0 Å². The number of fused-ring (bicyclic) bond motifs is 1. The normalized spacial score (nSPS) is 17.2. The molecule has 0 radical (unpaired) electrons. The van der Waals surface area contributed by atoms with Gasteiger partial charge in [0.05, 0.1) is 11.0 Å². The first-order valence-corrected chi connectivity index (χ1v) is 6.74. The summed E-state index contributed by atoms with van der Waals surface area (Å²) in [5, 5.41) is 3.36. The summed E-state index contributed by atoms with van der Waals surface area (Å²) >= 11 is 0. The summed E-state index contributed by atoms with van der Waals surface area (Å²) in [6.07, 6.45) is 0. The summed E-state index contributed by atoms with van der Waals surface area (Å²) in [5.41, 5.74) is 3.32. The van der Waals surface area contributed by atoms with E-state index in [0.717, 1.165) is 43.8 Å². The molecule has 0 spiro atoms. The lowest BCUT2D eigenvalue weighted by molar-refractivity contribution is 0.233. The van der Waals surface area contributed by atoms with E-state index >= 15 is 0 Å². The van der Waals surface area contributed by atoms with Gasteiger partial charge in [-0.2, -0.15) is 0 Å². The van der Waals surface area contributed by atoms with Crippen LogP contribution in [0.5, 0.6) is 0 Å². The van der Waals surface area contributed by atoms with E-state index in [2.05, 4.69) is 22.3 Å². The van der Waals surface area contributed by atoms with Crippen LogP contribution in [0.3, 0.4) is 0 Å². The Morgan fingerprint density at radius 1 is 1.11 bits per heavy atom. The maximum absolute atomic E-state index is 11.9. The second-order valence-electron chi connectivity index (χ2n) is 5.25. The van der Waals surface area contributed by atoms with Crippen molar-refractivity contribution < 1.29 is 0 Å². The number of imidazole rings is 1. The van der Waals surface area contributed by atoms with Crippen molar-refractivity contribution in [2.24, 2.45) is 14.1 Å². The predicted octanol–water partition coefficient (Wildman–Crippen LogP) is 0.282. The van der Waals surface area contributed by atoms with Gasteiger partial charge in [0.15, 0.2) is 0 Å². The first kappa shape index (κ1) is 12.4. The molecule has 5 heteroatoms. The van der Waals surface area contributed by atoms with Crippen LogP contribution >= 0.6 is 0 Å². The Kier molecular flexibility index (Phi) is 3.16. The highest BCUT2D eigenvalue weighted by atomic mass is 16.1. The summed E-state index contributed by atoms with van der Waals surface area (Å²) < 4.78 is 3.42. The molecule has 1 aliphatic rings. The van der Waals surface area contributed by atoms with E-state index in [9.17, 15) is 4.79 Å². The third-order valence-electron chi connectivity index (χ3n) is 3.95. The van der Waals surface area contributed by atoms with Crippen LogP contribution in [0.1, 0.15) is 5.56 Å². The van der Waals surface area contributed by atoms with E-state index < -0.39 is 0 Å². The number of nitrogens with one attached hydrogen (secondary N) is 1. The third-order valence-corrected chi connectivity index (χ3v) is 3.95. The van der Waals surface area contributed by atoms with Gasteiger partial charge in [0.2, 0.25) is 0 Å². The van der Waals surface area contributed by atoms with E-state index in [1.807, 2.05) is 20.2 Å². The molecule has 3 rings (SSSR count). The lowest BCUT2D eigenvalue weighted by atomic mass is 10.1. The molecule has 2 heterocycles. The van der Waals surface area contributed by atoms with E-state index in [1.165, 1.54) is 5.56 Å². The van der Waals surface area contributed by atoms with Gasteiger partial charge in [0.1, 0.15) is 0 Å². The Hall–Kier alpha value is -1.59. The van der Waals surface area contributed by atoms with Gasteiger partial charge in [0.25, 0.3) is 0 Å². The van der Waals surface area contributed by atoms with Crippen LogP contribution in [-0.4, -0.2) is 40.2 Å². The van der Waals surface area contributed by atoms with Gasteiger partial charge in [-0.05, 0) is 17.7 Å². The van der Waals surface area contributed by atoms with E-state index in [1.54, 1.807) is 9.13 Å². The lowest BCUT2D eigenvalue weighted by Gasteiger charge is -2.27. The molecule has 0 atom stereocenters. The fourth-order valence-electron chi connectivity index (χ4n) is 2.78. The zero-order valence-electron chi connectivity index (χ0n) is 11.5. The van der Waals surface area contributed by atoms with Crippen molar-refractivity contribution in [3.8, 4) is 0 Å². The number of aryl methyl sites for hydroxylation is 2. The summed E-state index contributed by atoms with van der Waals surface area (Å²) in [6.45, 7) is 5.26. The summed E-state index contributed by atoms with van der Waals surface area (Å²) in [4.78, 5) is 14.3. The quantitative estimate of drug-likeness (QED) is 0.843. The van der Waals surface area contributed by atoms with Gasteiger partial charge < -0.3 is 5.32 Å². The molecule has 19 heavy (non-hydrogen) atoms. The van der Waals surface area contributed by atoms with Gasteiger partial charge in [-0.1, -0.05) is 6.07 Å². The monoisotopic (exact) mass is 260 g/mol. The smallest absolute Gasteiger partial charge is 0.314 e. The molecule has 0 bridgehead atoms. The molecule has 102 valence electrons. The van der Waals surface area contributed by atoms with Crippen LogP contribution in [0, 0.1) is 0 Å². The number of hydrogen-bond acceptors (Lipinski definition) is 3. The minimum atomic E-state index is 0.0364. The molecular weight excluding hydrogens is 240 g/mol. The van der Waals surface area contributed by atoms with Crippen molar-refractivity contribution in [2.75, 3.05) is 26.2 Å². The van der Waals surface area contributed by atoms with Gasteiger partial charge >= 0.3 is 5.69 Å². The van der Waals surface area contributed by atoms with Crippen LogP contribution in [0.15, 0.2) is 23.0 Å². The Bertz CT molecular complexity index is 649. The Balaban J connectivity index is 1.93. The van der Waals surface area contributed by atoms with Crippen LogP contribution in [0.25, 0.3) is 11.0 Å². The van der Waals surface area contributed by atoms with Crippen molar-refractivity contribution in [3.63, 3.8) is 0 Å². The van der Waals surface area contributed by atoms with Gasteiger partial charge in [0, 0.05) is 46.8 Å². The number of piperazine rings is 1. The summed E-state index contributed by atoms with van der Waals surface area (Å²) in [5.74, 6) is 0. The molecule has 1 aromatic carbocycles. The van der Waals surface area contributed by atoms with Crippen LogP contribution < -0.4 is 11.0 Å². The van der Waals surface area contributed by atoms with Gasteiger partial charge in [-0.3, -0.25) is 14.0 Å². The fourth-order valence-corrected chi connectivity index (χ4v) is 2.78. The lowest BCUT2D eigenvalue weighted by Crippen LogP contribution is -2.42. The minimum Gasteiger partial charge on any atom is -0.314 e. The topological polar surface area (TPSA) is 42.2 Å². The number of benzene rings is 1. The molecule has 1 saturated heterocycles. The molecule has 1 fully saturated rings. The van der Waals surface area contributed by atoms with E-state index in [4.69, 9.17) is 0 Å². The van der Waals surface area contributed by atoms with E-state index in [-0.39, 0.29) is 5.69 Å². The van der Waals surface area contributed by atoms with Crippen LogP contribution in [-0.2, 0) is 20.6 Å². The first-order valence-electron chi connectivity index (χ1n) is 6.74. The first-order chi connectivity index (χ1) is 9.16. The maximum Gasteiger partial charge on any atom is 0.328 e. The second-order valence-corrected chi connectivity index (χ2v) is 5.25. The van der Waals surface area contributed by atoms with Crippen molar-refractivity contribution in [1.82, 2.24) is 19.4 Å². The molecule has 2 aromatic rings. The molecule has 0 aliphatic carbocycles. The highest BCUT2D eigenvalue weighted by molar-refractivity contribution is 5.76. The SMILES string of the molecule is Cn1c(=O)n(C)c2cc(CN3CCNCC3)ccc21. The van der Waals surface area contributed by atoms with E-state index in [0.29, 0.717) is 0 Å². The highest BCUT2D eigenvalue weighted by Crippen LogP contribution is 2.15. The van der Waals surface area contributed by atoms with Crippen molar-refractivity contribution in [1.29, 1.82) is 0 Å². The standard InChI is InChI=1S/C14H20N4O/c1-16-12-4-3-11(9-13(12)17(2)14(16)19)10-18-7-5-15-6-8-18/h3-4,9,15H,5-8,10H2,1-2H3. The predicted molar refractivity (Wildman–Crippen MR) is 76.3 cm³/mol. The second kappa shape index (κ2) is 4.83. The molecule has 5 nitrogen and oxygen atoms in total. The molecule has 0 unspecified atom stereocenters. The number of rotatable bonds is 2. The number of hydrogen-bond donors (Lipinski definition) is 1. The van der Waals surface area contributed by atoms with Gasteiger partial charge in [-0.25, -0.2) is 4.79 Å². The van der Waals surface area contributed by atoms with Crippen molar-refractivity contribution in [2.45, 2.75) is 6.54 Å². The van der Waals surface area contributed by atoms with Crippen LogP contribution in [0.2, 0.25) is 0 Å². The van der Waals surface area contributed by atoms with Crippen LogP contribution in [0.4, 0.5) is 0 Å². The zero-order chi connectivity index (χ0) is 13.4. The minimum absolute atomic E-state index is 0.0364. The maximum atomic E-state index is 11.9. The largest absolute Gasteiger partial charge is 0.328 e. The molecule has 1 aromatic heterocycles. The fraction of sp³-hybridized carbons (Fsp3) is 0.500. The molecule has 1 N–H and O–H groups in total. The summed E-state index contributed by atoms with van der Waals surface area (Å²) in [7, 11) is 3.65. The Morgan fingerprint density at radius 3 is 2.53 bits per heavy atom. The average molecular weight is 260 g/mol. The summed E-state index contributed by atoms with van der Waals surface area (Å²) in [6, 6.07) is 6.32. The number of nitrogens with zero attached hydrogens (tertiary/aromatic N) is 3. The highest BCUT2D eigenvalue weighted by Gasteiger charge is 2.12. The Morgan fingerprint density at radius 2 is 1.79 bits per heavy atom. The molecule has 1 aliphatic heterocycles.